The Hall–Kier alpha value is -2.07. The van der Waals surface area contributed by atoms with E-state index in [1.54, 1.807) is 6.07 Å². The van der Waals surface area contributed by atoms with E-state index in [-0.39, 0.29) is 11.9 Å². The van der Waals surface area contributed by atoms with Crippen LogP contribution in [-0.4, -0.2) is 19.2 Å². The van der Waals surface area contributed by atoms with Crippen molar-refractivity contribution >= 4 is 5.69 Å². The molecule has 0 fully saturated rings. The zero-order valence-electron chi connectivity index (χ0n) is 13.4. The van der Waals surface area contributed by atoms with Crippen LogP contribution in [0.15, 0.2) is 42.5 Å². The van der Waals surface area contributed by atoms with Crippen molar-refractivity contribution in [3.63, 3.8) is 0 Å². The van der Waals surface area contributed by atoms with Gasteiger partial charge in [0.1, 0.15) is 17.7 Å². The standard InChI is InChI=1S/C19H23FN2O/c1-2-16-13-22-18-11-14(7-8-19(18)23-16)9-10-21-12-15-5-3-4-6-17(15)20/h3-8,11,16,21-22H,2,9-10,12-13H2,1H3. The van der Waals surface area contributed by atoms with Gasteiger partial charge in [-0.15, -0.1) is 0 Å². The van der Waals surface area contributed by atoms with Crippen molar-refractivity contribution in [2.45, 2.75) is 32.4 Å². The third-order valence-electron chi connectivity index (χ3n) is 4.18. The predicted molar refractivity (Wildman–Crippen MR) is 91.4 cm³/mol. The average molecular weight is 314 g/mol. The Morgan fingerprint density at radius 2 is 2.13 bits per heavy atom. The minimum Gasteiger partial charge on any atom is -0.486 e. The van der Waals surface area contributed by atoms with Crippen LogP contribution in [0.3, 0.4) is 0 Å². The second-order valence-electron chi connectivity index (χ2n) is 5.88. The monoisotopic (exact) mass is 314 g/mol. The summed E-state index contributed by atoms with van der Waals surface area (Å²) < 4.78 is 19.4. The molecule has 0 saturated heterocycles. The number of fused-ring (bicyclic) bond motifs is 1. The van der Waals surface area contributed by atoms with Gasteiger partial charge in [0.05, 0.1) is 12.2 Å². The van der Waals surface area contributed by atoms with Crippen molar-refractivity contribution in [2.75, 3.05) is 18.4 Å². The maximum absolute atomic E-state index is 13.5. The summed E-state index contributed by atoms with van der Waals surface area (Å²) >= 11 is 0. The smallest absolute Gasteiger partial charge is 0.142 e. The van der Waals surface area contributed by atoms with Crippen LogP contribution in [0.1, 0.15) is 24.5 Å². The first kappa shape index (κ1) is 15.8. The number of halogens is 1. The highest BCUT2D eigenvalue weighted by Gasteiger charge is 2.17. The maximum atomic E-state index is 13.5. The molecule has 1 atom stereocenters. The number of anilines is 1. The first-order chi connectivity index (χ1) is 11.3. The molecule has 1 aliphatic heterocycles. The lowest BCUT2D eigenvalue weighted by molar-refractivity contribution is 0.202. The molecular weight excluding hydrogens is 291 g/mol. The molecule has 0 aromatic heterocycles. The molecular formula is C19H23FN2O. The van der Waals surface area contributed by atoms with E-state index in [0.717, 1.165) is 37.4 Å². The number of hydrogen-bond donors (Lipinski definition) is 2. The van der Waals surface area contributed by atoms with Crippen molar-refractivity contribution in [3.05, 3.63) is 59.4 Å². The van der Waals surface area contributed by atoms with Gasteiger partial charge in [-0.1, -0.05) is 31.2 Å². The largest absolute Gasteiger partial charge is 0.486 e. The molecule has 0 radical (unpaired) electrons. The molecule has 1 heterocycles. The van der Waals surface area contributed by atoms with E-state index in [0.29, 0.717) is 12.1 Å². The summed E-state index contributed by atoms with van der Waals surface area (Å²) in [5, 5.41) is 6.73. The molecule has 4 heteroatoms. The number of benzene rings is 2. The Morgan fingerprint density at radius 3 is 2.96 bits per heavy atom. The first-order valence-corrected chi connectivity index (χ1v) is 8.24. The van der Waals surface area contributed by atoms with Gasteiger partial charge in [0.15, 0.2) is 0 Å². The van der Waals surface area contributed by atoms with Crippen molar-refractivity contribution in [1.29, 1.82) is 0 Å². The second kappa shape index (κ2) is 7.47. The summed E-state index contributed by atoms with van der Waals surface area (Å²) in [5.74, 6) is 0.784. The highest BCUT2D eigenvalue weighted by atomic mass is 19.1. The van der Waals surface area contributed by atoms with E-state index in [1.807, 2.05) is 18.2 Å². The van der Waals surface area contributed by atoms with Crippen molar-refractivity contribution in [2.24, 2.45) is 0 Å². The van der Waals surface area contributed by atoms with Crippen molar-refractivity contribution in [1.82, 2.24) is 5.32 Å². The van der Waals surface area contributed by atoms with Crippen molar-refractivity contribution in [3.8, 4) is 5.75 Å². The van der Waals surface area contributed by atoms with Gasteiger partial charge in [0, 0.05) is 12.1 Å². The summed E-state index contributed by atoms with van der Waals surface area (Å²) in [6.45, 7) is 4.36. The van der Waals surface area contributed by atoms with Crippen LogP contribution in [0.2, 0.25) is 0 Å². The van der Waals surface area contributed by atoms with Gasteiger partial charge in [-0.2, -0.15) is 0 Å². The third kappa shape index (κ3) is 4.02. The Balaban J connectivity index is 1.50. The molecule has 23 heavy (non-hydrogen) atoms. The maximum Gasteiger partial charge on any atom is 0.142 e. The topological polar surface area (TPSA) is 33.3 Å². The van der Waals surface area contributed by atoms with Gasteiger partial charge in [0.25, 0.3) is 0 Å². The quantitative estimate of drug-likeness (QED) is 0.797. The normalized spacial score (nSPS) is 16.3. The molecule has 0 amide bonds. The number of nitrogens with one attached hydrogen (secondary N) is 2. The van der Waals surface area contributed by atoms with E-state index in [4.69, 9.17) is 4.74 Å². The molecule has 2 aromatic rings. The fourth-order valence-corrected chi connectivity index (χ4v) is 2.74. The minimum atomic E-state index is -0.152. The van der Waals surface area contributed by atoms with E-state index >= 15 is 0 Å². The minimum absolute atomic E-state index is 0.152. The summed E-state index contributed by atoms with van der Waals surface area (Å²) in [4.78, 5) is 0. The van der Waals surface area contributed by atoms with Crippen LogP contribution >= 0.6 is 0 Å². The Kier molecular flexibility index (Phi) is 5.13. The lowest BCUT2D eigenvalue weighted by Crippen LogP contribution is -2.30. The third-order valence-corrected chi connectivity index (χ3v) is 4.18. The zero-order chi connectivity index (χ0) is 16.1. The molecule has 0 spiro atoms. The first-order valence-electron chi connectivity index (χ1n) is 8.24. The molecule has 2 aromatic carbocycles. The van der Waals surface area contributed by atoms with Crippen LogP contribution < -0.4 is 15.4 Å². The lowest BCUT2D eigenvalue weighted by Gasteiger charge is -2.27. The van der Waals surface area contributed by atoms with Gasteiger partial charge in [-0.3, -0.25) is 0 Å². The van der Waals surface area contributed by atoms with Crippen LogP contribution in [0, 0.1) is 5.82 Å². The highest BCUT2D eigenvalue weighted by molar-refractivity contribution is 5.59. The van der Waals surface area contributed by atoms with Gasteiger partial charge in [-0.25, -0.2) is 4.39 Å². The van der Waals surface area contributed by atoms with E-state index in [9.17, 15) is 4.39 Å². The Bertz CT molecular complexity index is 660. The summed E-state index contributed by atoms with van der Waals surface area (Å²) in [6.07, 6.45) is 2.17. The zero-order valence-corrected chi connectivity index (χ0v) is 13.4. The van der Waals surface area contributed by atoms with Gasteiger partial charge in [-0.05, 0) is 43.1 Å². The molecule has 3 rings (SSSR count). The van der Waals surface area contributed by atoms with Crippen LogP contribution in [-0.2, 0) is 13.0 Å². The average Bonchev–Trinajstić information content (AvgIpc) is 2.59. The predicted octanol–water partition coefficient (Wildman–Crippen LogP) is 3.74. The molecule has 1 unspecified atom stereocenters. The Morgan fingerprint density at radius 1 is 1.26 bits per heavy atom. The molecule has 122 valence electrons. The van der Waals surface area contributed by atoms with E-state index < -0.39 is 0 Å². The molecule has 0 bridgehead atoms. The van der Waals surface area contributed by atoms with Gasteiger partial charge >= 0.3 is 0 Å². The number of rotatable bonds is 6. The molecule has 0 saturated carbocycles. The lowest BCUT2D eigenvalue weighted by atomic mass is 10.1. The SMILES string of the molecule is CCC1CNc2cc(CCNCc3ccccc3F)ccc2O1. The molecule has 0 aliphatic carbocycles. The fourth-order valence-electron chi connectivity index (χ4n) is 2.74. The number of ether oxygens (including phenoxy) is 1. The van der Waals surface area contributed by atoms with Crippen LogP contribution in [0.4, 0.5) is 10.1 Å². The molecule has 3 nitrogen and oxygen atoms in total. The van der Waals surface area contributed by atoms with Gasteiger partial charge in [0.2, 0.25) is 0 Å². The summed E-state index contributed by atoms with van der Waals surface area (Å²) in [5.41, 5.74) is 3.02. The van der Waals surface area contributed by atoms with Crippen molar-refractivity contribution < 1.29 is 9.13 Å². The summed E-state index contributed by atoms with van der Waals surface area (Å²) in [7, 11) is 0. The molecule has 2 N–H and O–H groups in total. The fraction of sp³-hybridized carbons (Fsp3) is 0.368. The second-order valence-corrected chi connectivity index (χ2v) is 5.88. The Labute approximate surface area is 136 Å². The summed E-state index contributed by atoms with van der Waals surface area (Å²) in [6, 6.07) is 13.2. The van der Waals surface area contributed by atoms with Crippen LogP contribution in [0.25, 0.3) is 0 Å². The van der Waals surface area contributed by atoms with Crippen LogP contribution in [0.5, 0.6) is 5.75 Å². The molecule has 1 aliphatic rings. The van der Waals surface area contributed by atoms with Gasteiger partial charge < -0.3 is 15.4 Å². The van der Waals surface area contributed by atoms with E-state index in [2.05, 4.69) is 29.7 Å². The number of hydrogen-bond acceptors (Lipinski definition) is 3. The van der Waals surface area contributed by atoms with E-state index in [1.165, 1.54) is 11.6 Å². The highest BCUT2D eigenvalue weighted by Crippen LogP contribution is 2.30.